The van der Waals surface area contributed by atoms with Gasteiger partial charge >= 0.3 is 0 Å². The van der Waals surface area contributed by atoms with E-state index in [1.807, 2.05) is 6.07 Å². The smallest absolute Gasteiger partial charge is 0.0694 e. The predicted molar refractivity (Wildman–Crippen MR) is 95.0 cm³/mol. The Labute approximate surface area is 139 Å². The van der Waals surface area contributed by atoms with Crippen LogP contribution in [0.25, 0.3) is 11.1 Å². The fourth-order valence-electron chi connectivity index (χ4n) is 3.02. The summed E-state index contributed by atoms with van der Waals surface area (Å²) in [5, 5.41) is 0. The van der Waals surface area contributed by atoms with Crippen LogP contribution in [0.1, 0.15) is 24.8 Å². The summed E-state index contributed by atoms with van der Waals surface area (Å²) in [6, 6.07) is 19.1. The molecule has 1 fully saturated rings. The molecule has 0 aromatic heterocycles. The molecule has 2 aromatic rings. The minimum Gasteiger partial charge on any atom is -0.303 e. The maximum absolute atomic E-state index is 5.54. The number of rotatable bonds is 8. The molecule has 23 heavy (non-hydrogen) atoms. The zero-order valence-corrected chi connectivity index (χ0v) is 13.7. The Morgan fingerprint density at radius 3 is 2.30 bits per heavy atom. The van der Waals surface area contributed by atoms with Crippen LogP contribution in [0, 0.1) is 0 Å². The molecule has 0 bridgehead atoms. The summed E-state index contributed by atoms with van der Waals surface area (Å²) in [6.07, 6.45) is 3.82. The molecular formula is C20H26N2O. The lowest BCUT2D eigenvalue weighted by Gasteiger charge is -2.14. The first-order valence-electron chi connectivity index (χ1n) is 8.63. The monoisotopic (exact) mass is 310 g/mol. The Balaban J connectivity index is 1.34. The van der Waals surface area contributed by atoms with Gasteiger partial charge in [-0.05, 0) is 49.0 Å². The van der Waals surface area contributed by atoms with E-state index in [9.17, 15) is 0 Å². The average Bonchev–Trinajstić information content (AvgIpc) is 3.13. The van der Waals surface area contributed by atoms with Gasteiger partial charge in [0, 0.05) is 13.1 Å². The topological polar surface area (TPSA) is 24.5 Å². The summed E-state index contributed by atoms with van der Waals surface area (Å²) in [7, 11) is 0. The van der Waals surface area contributed by atoms with Crippen LogP contribution in [0.2, 0.25) is 0 Å². The van der Waals surface area contributed by atoms with Crippen LogP contribution in [-0.4, -0.2) is 31.1 Å². The molecule has 2 aromatic carbocycles. The molecule has 0 radical (unpaired) electrons. The fourth-order valence-corrected chi connectivity index (χ4v) is 3.02. The number of benzene rings is 2. The van der Waals surface area contributed by atoms with Crippen molar-refractivity contribution in [1.82, 2.24) is 10.4 Å². The summed E-state index contributed by atoms with van der Waals surface area (Å²) in [4.78, 5) is 8.06. The van der Waals surface area contributed by atoms with E-state index >= 15 is 0 Å². The van der Waals surface area contributed by atoms with Gasteiger partial charge in [-0.3, -0.25) is 0 Å². The van der Waals surface area contributed by atoms with Crippen molar-refractivity contribution in [2.24, 2.45) is 0 Å². The van der Waals surface area contributed by atoms with Crippen molar-refractivity contribution in [3.63, 3.8) is 0 Å². The van der Waals surface area contributed by atoms with E-state index in [2.05, 4.69) is 58.9 Å². The van der Waals surface area contributed by atoms with E-state index in [1.54, 1.807) is 0 Å². The van der Waals surface area contributed by atoms with Crippen LogP contribution in [0.15, 0.2) is 54.6 Å². The van der Waals surface area contributed by atoms with Gasteiger partial charge in [0.05, 0.1) is 6.61 Å². The molecule has 0 aliphatic carbocycles. The molecule has 122 valence electrons. The molecular weight excluding hydrogens is 284 g/mol. The van der Waals surface area contributed by atoms with Crippen molar-refractivity contribution in [1.29, 1.82) is 0 Å². The molecule has 3 rings (SSSR count). The van der Waals surface area contributed by atoms with Crippen LogP contribution >= 0.6 is 0 Å². The molecule has 0 atom stereocenters. The van der Waals surface area contributed by atoms with Crippen LogP contribution in [0.3, 0.4) is 0 Å². The summed E-state index contributed by atoms with van der Waals surface area (Å²) in [5.74, 6) is 0. The van der Waals surface area contributed by atoms with E-state index in [-0.39, 0.29) is 0 Å². The Hall–Kier alpha value is -1.68. The van der Waals surface area contributed by atoms with E-state index in [0.717, 1.165) is 26.1 Å². The van der Waals surface area contributed by atoms with Crippen LogP contribution in [0.4, 0.5) is 0 Å². The lowest BCUT2D eigenvalue weighted by atomic mass is 10.0. The minimum atomic E-state index is 0.749. The number of likely N-dealkylation sites (tertiary alicyclic amines) is 1. The maximum atomic E-state index is 5.54. The van der Waals surface area contributed by atoms with Gasteiger partial charge < -0.3 is 9.74 Å². The molecule has 1 heterocycles. The first-order valence-corrected chi connectivity index (χ1v) is 8.63. The highest BCUT2D eigenvalue weighted by Gasteiger charge is 2.09. The molecule has 3 nitrogen and oxygen atoms in total. The van der Waals surface area contributed by atoms with Crippen molar-refractivity contribution < 1.29 is 4.84 Å². The molecule has 0 spiro atoms. The van der Waals surface area contributed by atoms with E-state index in [0.29, 0.717) is 0 Å². The molecule has 0 amide bonds. The van der Waals surface area contributed by atoms with E-state index in [1.165, 1.54) is 42.6 Å². The van der Waals surface area contributed by atoms with Crippen molar-refractivity contribution in [3.8, 4) is 11.1 Å². The van der Waals surface area contributed by atoms with Crippen LogP contribution < -0.4 is 5.48 Å². The highest BCUT2D eigenvalue weighted by molar-refractivity contribution is 5.63. The van der Waals surface area contributed by atoms with Gasteiger partial charge in [-0.1, -0.05) is 54.6 Å². The normalized spacial score (nSPS) is 15.1. The third kappa shape index (κ3) is 5.17. The maximum Gasteiger partial charge on any atom is 0.0694 e. The van der Waals surface area contributed by atoms with Gasteiger partial charge in [-0.25, -0.2) is 0 Å². The zero-order valence-electron chi connectivity index (χ0n) is 13.7. The van der Waals surface area contributed by atoms with Crippen molar-refractivity contribution >= 4 is 0 Å². The SMILES string of the molecule is c1ccc(-c2ccc(CNOCCCN3CCCC3)cc2)cc1. The predicted octanol–water partition coefficient (Wildman–Crippen LogP) is 3.86. The number of hydroxylamine groups is 1. The Bertz CT molecular complexity index is 562. The zero-order chi connectivity index (χ0) is 15.7. The lowest BCUT2D eigenvalue weighted by Crippen LogP contribution is -2.23. The third-order valence-electron chi connectivity index (χ3n) is 4.36. The van der Waals surface area contributed by atoms with Crippen LogP contribution in [0.5, 0.6) is 0 Å². The van der Waals surface area contributed by atoms with Gasteiger partial charge in [0.1, 0.15) is 0 Å². The second kappa shape index (κ2) is 8.82. The first kappa shape index (κ1) is 16.2. The van der Waals surface area contributed by atoms with Gasteiger partial charge in [-0.2, -0.15) is 5.48 Å². The Morgan fingerprint density at radius 1 is 0.870 bits per heavy atom. The fraction of sp³-hybridized carbons (Fsp3) is 0.400. The standard InChI is InChI=1S/C20H26N2O/c1-2-7-19(8-3-1)20-11-9-18(10-12-20)17-21-23-16-6-15-22-13-4-5-14-22/h1-3,7-12,21H,4-6,13-17H2. The van der Waals surface area contributed by atoms with Gasteiger partial charge in [0.25, 0.3) is 0 Å². The molecule has 0 unspecified atom stereocenters. The molecule has 0 saturated carbocycles. The third-order valence-corrected chi connectivity index (χ3v) is 4.36. The van der Waals surface area contributed by atoms with Gasteiger partial charge in [-0.15, -0.1) is 0 Å². The van der Waals surface area contributed by atoms with E-state index in [4.69, 9.17) is 4.84 Å². The number of hydrogen-bond acceptors (Lipinski definition) is 3. The number of hydrogen-bond donors (Lipinski definition) is 1. The Morgan fingerprint density at radius 2 is 1.57 bits per heavy atom. The van der Waals surface area contributed by atoms with Crippen molar-refractivity contribution in [3.05, 3.63) is 60.2 Å². The second-order valence-corrected chi connectivity index (χ2v) is 6.13. The summed E-state index contributed by atoms with van der Waals surface area (Å²) < 4.78 is 0. The molecule has 1 aliphatic heterocycles. The van der Waals surface area contributed by atoms with Gasteiger partial charge in [0.15, 0.2) is 0 Å². The highest BCUT2D eigenvalue weighted by atomic mass is 16.6. The molecule has 1 N–H and O–H groups in total. The summed E-state index contributed by atoms with van der Waals surface area (Å²) in [5.41, 5.74) is 6.81. The minimum absolute atomic E-state index is 0.749. The second-order valence-electron chi connectivity index (χ2n) is 6.13. The van der Waals surface area contributed by atoms with Crippen LogP contribution in [-0.2, 0) is 11.4 Å². The molecule has 1 saturated heterocycles. The quantitative estimate of drug-likeness (QED) is 0.592. The molecule has 1 aliphatic rings. The largest absolute Gasteiger partial charge is 0.303 e. The first-order chi connectivity index (χ1) is 11.4. The number of nitrogens with zero attached hydrogens (tertiary/aromatic N) is 1. The Kier molecular flexibility index (Phi) is 6.21. The lowest BCUT2D eigenvalue weighted by molar-refractivity contribution is 0.0316. The van der Waals surface area contributed by atoms with Crippen molar-refractivity contribution in [2.45, 2.75) is 25.8 Å². The van der Waals surface area contributed by atoms with Crippen molar-refractivity contribution in [2.75, 3.05) is 26.2 Å². The summed E-state index contributed by atoms with van der Waals surface area (Å²) in [6.45, 7) is 5.22. The van der Waals surface area contributed by atoms with E-state index < -0.39 is 0 Å². The summed E-state index contributed by atoms with van der Waals surface area (Å²) >= 11 is 0. The average molecular weight is 310 g/mol. The number of nitrogens with one attached hydrogen (secondary N) is 1. The van der Waals surface area contributed by atoms with Gasteiger partial charge in [0.2, 0.25) is 0 Å². The highest BCUT2D eigenvalue weighted by Crippen LogP contribution is 2.19. The molecule has 3 heteroatoms.